The van der Waals surface area contributed by atoms with Crippen LogP contribution in [0.3, 0.4) is 0 Å². The summed E-state index contributed by atoms with van der Waals surface area (Å²) >= 11 is 0. The largest absolute Gasteiger partial charge is 0.387 e. The third-order valence-electron chi connectivity index (χ3n) is 3.48. The average molecular weight is 247 g/mol. The van der Waals surface area contributed by atoms with Crippen LogP contribution in [0.1, 0.15) is 43.0 Å². The van der Waals surface area contributed by atoms with Crippen molar-refractivity contribution in [3.05, 3.63) is 24.0 Å². The van der Waals surface area contributed by atoms with Crippen molar-refractivity contribution in [3.8, 4) is 0 Å². The molecule has 0 radical (unpaired) electrons. The number of rotatable bonds is 6. The number of nitrogens with one attached hydrogen (secondary N) is 2. The van der Waals surface area contributed by atoms with Crippen molar-refractivity contribution in [2.75, 3.05) is 12.4 Å². The number of hydrogen-bond acceptors (Lipinski definition) is 3. The van der Waals surface area contributed by atoms with Gasteiger partial charge in [0.25, 0.3) is 5.91 Å². The van der Waals surface area contributed by atoms with Crippen molar-refractivity contribution in [1.82, 2.24) is 10.3 Å². The fourth-order valence-corrected chi connectivity index (χ4v) is 2.14. The second-order valence-electron chi connectivity index (χ2n) is 4.93. The molecule has 1 amide bonds. The van der Waals surface area contributed by atoms with E-state index in [-0.39, 0.29) is 11.9 Å². The summed E-state index contributed by atoms with van der Waals surface area (Å²) in [7, 11) is 1.81. The molecule has 1 aromatic rings. The predicted octanol–water partition coefficient (Wildman–Crippen LogP) is 2.43. The molecule has 1 saturated carbocycles. The van der Waals surface area contributed by atoms with Gasteiger partial charge in [0, 0.05) is 31.2 Å². The van der Waals surface area contributed by atoms with Crippen LogP contribution in [0.5, 0.6) is 0 Å². The van der Waals surface area contributed by atoms with Gasteiger partial charge in [0.2, 0.25) is 0 Å². The fraction of sp³-hybridized carbons (Fsp3) is 0.571. The highest BCUT2D eigenvalue weighted by atomic mass is 16.1. The molecule has 1 atom stereocenters. The second kappa shape index (κ2) is 5.85. The van der Waals surface area contributed by atoms with Crippen molar-refractivity contribution in [2.45, 2.75) is 38.6 Å². The normalized spacial score (nSPS) is 16.1. The van der Waals surface area contributed by atoms with Crippen molar-refractivity contribution in [1.29, 1.82) is 0 Å². The molecule has 18 heavy (non-hydrogen) atoms. The van der Waals surface area contributed by atoms with Gasteiger partial charge in [-0.2, -0.15) is 0 Å². The molecule has 0 saturated heterocycles. The first-order valence-corrected chi connectivity index (χ1v) is 6.67. The Morgan fingerprint density at radius 2 is 2.33 bits per heavy atom. The van der Waals surface area contributed by atoms with Gasteiger partial charge in [0.1, 0.15) is 0 Å². The third kappa shape index (κ3) is 3.22. The number of anilines is 1. The average Bonchev–Trinajstić information content (AvgIpc) is 3.21. The first kappa shape index (κ1) is 12.9. The van der Waals surface area contributed by atoms with Crippen LogP contribution in [0.25, 0.3) is 0 Å². The Balaban J connectivity index is 2.00. The summed E-state index contributed by atoms with van der Waals surface area (Å²) in [5, 5.41) is 6.13. The predicted molar refractivity (Wildman–Crippen MR) is 72.7 cm³/mol. The summed E-state index contributed by atoms with van der Waals surface area (Å²) < 4.78 is 0. The van der Waals surface area contributed by atoms with Crippen molar-refractivity contribution < 1.29 is 4.79 Å². The minimum Gasteiger partial charge on any atom is -0.387 e. The zero-order valence-electron chi connectivity index (χ0n) is 11.1. The van der Waals surface area contributed by atoms with Crippen LogP contribution in [0.4, 0.5) is 5.69 Å². The summed E-state index contributed by atoms with van der Waals surface area (Å²) in [6.07, 6.45) is 8.03. The molecule has 4 nitrogen and oxygen atoms in total. The van der Waals surface area contributed by atoms with E-state index in [1.54, 1.807) is 12.4 Å². The molecular formula is C14H21N3O. The van der Waals surface area contributed by atoms with E-state index in [4.69, 9.17) is 0 Å². The summed E-state index contributed by atoms with van der Waals surface area (Å²) in [5.41, 5.74) is 1.44. The Kier molecular flexibility index (Phi) is 4.18. The highest BCUT2D eigenvalue weighted by Crippen LogP contribution is 2.34. The van der Waals surface area contributed by atoms with Crippen LogP contribution in [0, 0.1) is 5.92 Å². The van der Waals surface area contributed by atoms with Crippen LogP contribution in [-0.4, -0.2) is 24.0 Å². The SMILES string of the molecule is CCC(CC1CC1)NC(=O)c1cnccc1NC. The number of pyridine rings is 1. The van der Waals surface area contributed by atoms with Crippen molar-refractivity contribution >= 4 is 11.6 Å². The molecule has 98 valence electrons. The lowest BCUT2D eigenvalue weighted by molar-refractivity contribution is 0.0933. The van der Waals surface area contributed by atoms with Crippen LogP contribution in [0.15, 0.2) is 18.5 Å². The molecule has 1 aliphatic rings. The topological polar surface area (TPSA) is 54.0 Å². The number of amides is 1. The minimum absolute atomic E-state index is 0.0278. The zero-order valence-corrected chi connectivity index (χ0v) is 11.1. The monoisotopic (exact) mass is 247 g/mol. The third-order valence-corrected chi connectivity index (χ3v) is 3.48. The number of aromatic nitrogens is 1. The Hall–Kier alpha value is -1.58. The molecule has 4 heteroatoms. The molecule has 0 aliphatic heterocycles. The van der Waals surface area contributed by atoms with E-state index in [0.717, 1.165) is 24.4 Å². The highest BCUT2D eigenvalue weighted by molar-refractivity contribution is 5.99. The molecule has 1 unspecified atom stereocenters. The van der Waals surface area contributed by atoms with E-state index in [9.17, 15) is 4.79 Å². The standard InChI is InChI=1S/C14H21N3O/c1-3-11(8-10-4-5-10)17-14(18)12-9-16-7-6-13(12)15-2/h6-7,9-11H,3-5,8H2,1-2H3,(H,15,16)(H,17,18). The lowest BCUT2D eigenvalue weighted by Crippen LogP contribution is -2.35. The van der Waals surface area contributed by atoms with E-state index >= 15 is 0 Å². The van der Waals surface area contributed by atoms with Crippen LogP contribution >= 0.6 is 0 Å². The maximum absolute atomic E-state index is 12.2. The molecule has 0 bridgehead atoms. The first-order chi connectivity index (χ1) is 8.74. The van der Waals surface area contributed by atoms with Gasteiger partial charge in [0.15, 0.2) is 0 Å². The molecule has 0 aromatic carbocycles. The summed E-state index contributed by atoms with van der Waals surface area (Å²) in [6.45, 7) is 2.12. The van der Waals surface area contributed by atoms with Crippen molar-refractivity contribution in [2.24, 2.45) is 5.92 Å². The molecule has 2 rings (SSSR count). The van der Waals surface area contributed by atoms with E-state index in [0.29, 0.717) is 5.56 Å². The van der Waals surface area contributed by atoms with Gasteiger partial charge in [-0.1, -0.05) is 19.8 Å². The molecular weight excluding hydrogens is 226 g/mol. The van der Waals surface area contributed by atoms with Gasteiger partial charge in [-0.3, -0.25) is 9.78 Å². The molecule has 1 aliphatic carbocycles. The maximum atomic E-state index is 12.2. The number of carbonyl (C=O) groups excluding carboxylic acids is 1. The second-order valence-corrected chi connectivity index (χ2v) is 4.93. The van der Waals surface area contributed by atoms with E-state index in [2.05, 4.69) is 22.5 Å². The Labute approximate surface area is 108 Å². The Bertz CT molecular complexity index is 415. The van der Waals surface area contributed by atoms with E-state index in [1.807, 2.05) is 13.1 Å². The summed E-state index contributed by atoms with van der Waals surface area (Å²) in [6, 6.07) is 2.10. The maximum Gasteiger partial charge on any atom is 0.255 e. The summed E-state index contributed by atoms with van der Waals surface area (Å²) in [5.74, 6) is 0.799. The van der Waals surface area contributed by atoms with Gasteiger partial charge in [-0.15, -0.1) is 0 Å². The molecule has 1 aromatic heterocycles. The minimum atomic E-state index is -0.0278. The van der Waals surface area contributed by atoms with Gasteiger partial charge >= 0.3 is 0 Å². The smallest absolute Gasteiger partial charge is 0.255 e. The van der Waals surface area contributed by atoms with Crippen molar-refractivity contribution in [3.63, 3.8) is 0 Å². The number of carbonyl (C=O) groups is 1. The van der Waals surface area contributed by atoms with Gasteiger partial charge < -0.3 is 10.6 Å². The quantitative estimate of drug-likeness (QED) is 0.811. The molecule has 2 N–H and O–H groups in total. The fourth-order valence-electron chi connectivity index (χ4n) is 2.14. The van der Waals surface area contributed by atoms with Gasteiger partial charge in [-0.05, 0) is 24.8 Å². The molecule has 1 heterocycles. The van der Waals surface area contributed by atoms with Crippen LogP contribution in [0.2, 0.25) is 0 Å². The lowest BCUT2D eigenvalue weighted by Gasteiger charge is -2.17. The van der Waals surface area contributed by atoms with E-state index in [1.165, 1.54) is 12.8 Å². The number of nitrogens with zero attached hydrogens (tertiary/aromatic N) is 1. The molecule has 0 spiro atoms. The summed E-state index contributed by atoms with van der Waals surface area (Å²) in [4.78, 5) is 16.2. The Morgan fingerprint density at radius 1 is 1.56 bits per heavy atom. The highest BCUT2D eigenvalue weighted by Gasteiger charge is 2.26. The number of hydrogen-bond donors (Lipinski definition) is 2. The Morgan fingerprint density at radius 3 is 2.94 bits per heavy atom. The van der Waals surface area contributed by atoms with Gasteiger partial charge in [0.05, 0.1) is 5.56 Å². The van der Waals surface area contributed by atoms with Gasteiger partial charge in [-0.25, -0.2) is 0 Å². The first-order valence-electron chi connectivity index (χ1n) is 6.67. The van der Waals surface area contributed by atoms with E-state index < -0.39 is 0 Å². The van der Waals surface area contributed by atoms with Crippen LogP contribution < -0.4 is 10.6 Å². The zero-order chi connectivity index (χ0) is 13.0. The lowest BCUT2D eigenvalue weighted by atomic mass is 10.1. The molecule has 1 fully saturated rings. The van der Waals surface area contributed by atoms with Crippen LogP contribution in [-0.2, 0) is 0 Å².